The summed E-state index contributed by atoms with van der Waals surface area (Å²) in [6.45, 7) is 32.8. The van der Waals surface area contributed by atoms with Crippen LogP contribution in [0, 0.1) is 29.6 Å². The molecule has 0 aromatic carbocycles. The summed E-state index contributed by atoms with van der Waals surface area (Å²) in [5.41, 5.74) is 3.17. The fourth-order valence-electron chi connectivity index (χ4n) is 3.52. The molecule has 0 bridgehead atoms. The Morgan fingerprint density at radius 1 is 0.714 bits per heavy atom. The number of halogens is 2. The molecule has 0 saturated carbocycles. The number of rotatable bonds is 17. The summed E-state index contributed by atoms with van der Waals surface area (Å²) in [6, 6.07) is 0. The van der Waals surface area contributed by atoms with E-state index in [-0.39, 0.29) is 29.4 Å². The molecule has 0 amide bonds. The van der Waals surface area contributed by atoms with Crippen molar-refractivity contribution in [1.82, 2.24) is 0 Å². The maximum absolute atomic E-state index is 14.8. The third-order valence-corrected chi connectivity index (χ3v) is 7.30. The monoisotopic (exact) mass is 486 g/mol. The zero-order valence-electron chi connectivity index (χ0n) is 23.9. The molecule has 0 aromatic rings. The molecule has 0 aliphatic heterocycles. The minimum atomic E-state index is -0.347. The molecule has 0 radical (unpaired) electrons. The van der Waals surface area contributed by atoms with E-state index in [9.17, 15) is 8.78 Å². The highest BCUT2D eigenvalue weighted by Gasteiger charge is 2.15. The Hall–Kier alpha value is -1.96. The highest BCUT2D eigenvalue weighted by Crippen LogP contribution is 2.29. The van der Waals surface area contributed by atoms with Crippen molar-refractivity contribution in [2.75, 3.05) is 0 Å². The smallest absolute Gasteiger partial charge is 0.130 e. The molecule has 2 heteroatoms. The van der Waals surface area contributed by atoms with Crippen molar-refractivity contribution < 1.29 is 8.78 Å². The Morgan fingerprint density at radius 2 is 1.23 bits per heavy atom. The summed E-state index contributed by atoms with van der Waals surface area (Å²) in [6.07, 6.45) is 10.8. The lowest BCUT2D eigenvalue weighted by Crippen LogP contribution is -2.04. The topological polar surface area (TPSA) is 0 Å². The van der Waals surface area contributed by atoms with Crippen LogP contribution >= 0.6 is 0 Å². The van der Waals surface area contributed by atoms with E-state index in [2.05, 4.69) is 60.9 Å². The van der Waals surface area contributed by atoms with Gasteiger partial charge in [0, 0.05) is 5.57 Å². The molecule has 0 saturated heterocycles. The van der Waals surface area contributed by atoms with Crippen LogP contribution < -0.4 is 0 Å². The third kappa shape index (κ3) is 13.1. The molecule has 4 atom stereocenters. The second-order valence-electron chi connectivity index (χ2n) is 11.0. The van der Waals surface area contributed by atoms with Crippen LogP contribution in [0.3, 0.4) is 0 Å². The molecule has 0 aliphatic carbocycles. The minimum absolute atomic E-state index is 0.0183. The average molecular weight is 487 g/mol. The minimum Gasteiger partial charge on any atom is -0.207 e. The van der Waals surface area contributed by atoms with Crippen molar-refractivity contribution in [1.29, 1.82) is 0 Å². The molecule has 198 valence electrons. The van der Waals surface area contributed by atoms with Crippen molar-refractivity contribution >= 4 is 0 Å². The number of hydrogen-bond acceptors (Lipinski definition) is 0. The van der Waals surface area contributed by atoms with Gasteiger partial charge in [0.1, 0.15) is 11.7 Å². The van der Waals surface area contributed by atoms with E-state index < -0.39 is 0 Å². The molecule has 0 heterocycles. The number of hydrogen-bond donors (Lipinski definition) is 0. The molecule has 0 rings (SSSR count). The van der Waals surface area contributed by atoms with Gasteiger partial charge in [0.2, 0.25) is 0 Å². The normalized spacial score (nSPS) is 16.6. The van der Waals surface area contributed by atoms with Crippen LogP contribution in [-0.2, 0) is 0 Å². The van der Waals surface area contributed by atoms with Crippen LogP contribution in [-0.4, -0.2) is 0 Å². The first-order valence-corrected chi connectivity index (χ1v) is 13.4. The van der Waals surface area contributed by atoms with E-state index in [0.29, 0.717) is 35.0 Å². The predicted octanol–water partition coefficient (Wildman–Crippen LogP) is 11.4. The molecule has 0 aromatic heterocycles. The van der Waals surface area contributed by atoms with Crippen LogP contribution in [0.25, 0.3) is 0 Å². The molecule has 0 spiro atoms. The molecule has 0 aliphatic rings. The van der Waals surface area contributed by atoms with E-state index >= 15 is 0 Å². The molecule has 0 N–H and O–H groups in total. The molecular formula is C33H52F2. The molecule has 35 heavy (non-hydrogen) atoms. The van der Waals surface area contributed by atoms with E-state index in [1.165, 1.54) is 12.2 Å². The Kier molecular flexibility index (Phi) is 15.7. The van der Waals surface area contributed by atoms with Gasteiger partial charge >= 0.3 is 0 Å². The Bertz CT molecular complexity index is 818. The van der Waals surface area contributed by atoms with Crippen LogP contribution in [0.4, 0.5) is 8.78 Å². The van der Waals surface area contributed by atoms with Gasteiger partial charge in [-0.05, 0) is 90.2 Å². The highest BCUT2D eigenvalue weighted by atomic mass is 19.1. The fourth-order valence-corrected chi connectivity index (χ4v) is 3.52. The van der Waals surface area contributed by atoms with Crippen LogP contribution in [0.2, 0.25) is 0 Å². The maximum atomic E-state index is 14.8. The lowest BCUT2D eigenvalue weighted by Gasteiger charge is -2.17. The summed E-state index contributed by atoms with van der Waals surface area (Å²) < 4.78 is 29.6. The van der Waals surface area contributed by atoms with Crippen LogP contribution in [0.15, 0.2) is 84.1 Å². The van der Waals surface area contributed by atoms with Crippen LogP contribution in [0.5, 0.6) is 0 Å². The Balaban J connectivity index is 5.01. The summed E-state index contributed by atoms with van der Waals surface area (Å²) in [5, 5.41) is 0. The zero-order valence-corrected chi connectivity index (χ0v) is 23.9. The standard InChI is InChI=1S/C33H52F2/c1-13-23(4)15-17-26(7)30(11)32(34)21-29(10)25(6)18-19-27(8)31(12)33(35)20-28(9)24(5)16-14-22(2)3/h19-26H,9-18H2,1-8H3/b27-19+,32-21+,33-20+. The SMILES string of the molecule is C=C(/C(C)=C/CC(C)C(=C)/C=C(/F)C(=C)C(C)CCC(C)CC)/C(F)=C\C(=C)C(C)CCC(C)C. The van der Waals surface area contributed by atoms with Gasteiger partial charge in [-0.15, -0.1) is 0 Å². The lowest BCUT2D eigenvalue weighted by molar-refractivity contribution is 0.445. The van der Waals surface area contributed by atoms with Crippen molar-refractivity contribution in [3.63, 3.8) is 0 Å². The average Bonchev–Trinajstić information content (AvgIpc) is 2.82. The van der Waals surface area contributed by atoms with Crippen molar-refractivity contribution in [3.8, 4) is 0 Å². The summed E-state index contributed by atoms with van der Waals surface area (Å²) in [5.74, 6) is 0.982. The van der Waals surface area contributed by atoms with E-state index in [1.54, 1.807) is 0 Å². The van der Waals surface area contributed by atoms with Gasteiger partial charge in [-0.2, -0.15) is 0 Å². The zero-order chi connectivity index (χ0) is 27.3. The fraction of sp³-hybridized carbons (Fsp3) is 0.576. The molecule has 0 fully saturated rings. The van der Waals surface area contributed by atoms with E-state index in [0.717, 1.165) is 43.3 Å². The molecule has 0 nitrogen and oxygen atoms in total. The lowest BCUT2D eigenvalue weighted by atomic mass is 9.90. The third-order valence-electron chi connectivity index (χ3n) is 7.30. The van der Waals surface area contributed by atoms with Gasteiger partial charge in [-0.1, -0.05) is 100 Å². The summed E-state index contributed by atoms with van der Waals surface area (Å²) in [4.78, 5) is 0. The molecular weight excluding hydrogens is 434 g/mol. The second kappa shape index (κ2) is 16.7. The van der Waals surface area contributed by atoms with Crippen molar-refractivity contribution in [3.05, 3.63) is 84.1 Å². The summed E-state index contributed by atoms with van der Waals surface area (Å²) in [7, 11) is 0. The largest absolute Gasteiger partial charge is 0.207 e. The van der Waals surface area contributed by atoms with Crippen molar-refractivity contribution in [2.24, 2.45) is 29.6 Å². The summed E-state index contributed by atoms with van der Waals surface area (Å²) >= 11 is 0. The first-order valence-electron chi connectivity index (χ1n) is 13.4. The quantitative estimate of drug-likeness (QED) is 0.179. The predicted molar refractivity (Wildman–Crippen MR) is 154 cm³/mol. The highest BCUT2D eigenvalue weighted by molar-refractivity contribution is 5.43. The maximum Gasteiger partial charge on any atom is 0.130 e. The van der Waals surface area contributed by atoms with Crippen LogP contribution in [0.1, 0.15) is 93.9 Å². The van der Waals surface area contributed by atoms with Gasteiger partial charge in [0.05, 0.1) is 0 Å². The van der Waals surface area contributed by atoms with E-state index in [1.807, 2.05) is 26.8 Å². The van der Waals surface area contributed by atoms with Gasteiger partial charge in [0.25, 0.3) is 0 Å². The second-order valence-corrected chi connectivity index (χ2v) is 11.0. The first-order chi connectivity index (χ1) is 16.2. The number of allylic oxidation sites excluding steroid dienone is 10. The van der Waals surface area contributed by atoms with Crippen molar-refractivity contribution in [2.45, 2.75) is 93.9 Å². The van der Waals surface area contributed by atoms with Gasteiger partial charge in [0.15, 0.2) is 0 Å². The van der Waals surface area contributed by atoms with E-state index in [4.69, 9.17) is 0 Å². The van der Waals surface area contributed by atoms with Gasteiger partial charge in [-0.3, -0.25) is 0 Å². The van der Waals surface area contributed by atoms with Gasteiger partial charge < -0.3 is 0 Å². The van der Waals surface area contributed by atoms with Gasteiger partial charge in [-0.25, -0.2) is 8.78 Å². The first kappa shape index (κ1) is 33.0. The Morgan fingerprint density at radius 3 is 1.77 bits per heavy atom. The molecule has 4 unspecified atom stereocenters. The Labute approximate surface area is 216 Å².